The van der Waals surface area contributed by atoms with E-state index in [1.54, 1.807) is 6.07 Å². The number of aromatic nitrogens is 1. The van der Waals surface area contributed by atoms with Gasteiger partial charge < -0.3 is 21.1 Å². The van der Waals surface area contributed by atoms with Crippen LogP contribution >= 0.6 is 0 Å². The number of aryl methyl sites for hydroxylation is 1. The van der Waals surface area contributed by atoms with Crippen LogP contribution in [0.2, 0.25) is 0 Å². The lowest BCUT2D eigenvalue weighted by Gasteiger charge is -2.15. The van der Waals surface area contributed by atoms with Gasteiger partial charge in [-0.2, -0.15) is 0 Å². The predicted molar refractivity (Wildman–Crippen MR) is 112 cm³/mol. The molecule has 1 amide bonds. The smallest absolute Gasteiger partial charge is 0.227 e. The highest BCUT2D eigenvalue weighted by Crippen LogP contribution is 2.14. The number of anilines is 1. The summed E-state index contributed by atoms with van der Waals surface area (Å²) in [5.41, 5.74) is 1.91. The molecule has 1 unspecified atom stereocenters. The number of aliphatic imine (C=N–C) groups is 1. The fraction of sp³-hybridized carbons (Fsp3) is 0.381. The second-order valence-electron chi connectivity index (χ2n) is 6.40. The van der Waals surface area contributed by atoms with Crippen LogP contribution in [0, 0.1) is 6.92 Å². The number of nitrogens with zero attached hydrogens (tertiary/aromatic N) is 2. The Bertz CT molecular complexity index is 764. The van der Waals surface area contributed by atoms with E-state index in [1.807, 2.05) is 56.3 Å². The molecule has 0 radical (unpaired) electrons. The van der Waals surface area contributed by atoms with Gasteiger partial charge in [-0.25, -0.2) is 4.98 Å². The van der Waals surface area contributed by atoms with Crippen molar-refractivity contribution in [2.45, 2.75) is 26.2 Å². The second-order valence-corrected chi connectivity index (χ2v) is 6.40. The van der Waals surface area contributed by atoms with E-state index in [2.05, 4.69) is 25.9 Å². The van der Waals surface area contributed by atoms with E-state index in [0.29, 0.717) is 37.8 Å². The first-order valence-corrected chi connectivity index (χ1v) is 9.54. The number of hydrogen-bond acceptors (Lipinski definition) is 4. The van der Waals surface area contributed by atoms with Crippen LogP contribution < -0.4 is 16.0 Å². The van der Waals surface area contributed by atoms with Gasteiger partial charge in [0.2, 0.25) is 5.91 Å². The van der Waals surface area contributed by atoms with Gasteiger partial charge in [0.05, 0.1) is 13.2 Å². The minimum atomic E-state index is -0.112. The lowest BCUT2D eigenvalue weighted by Crippen LogP contribution is -2.39. The Morgan fingerprint density at radius 1 is 1.14 bits per heavy atom. The quantitative estimate of drug-likeness (QED) is 0.392. The van der Waals surface area contributed by atoms with Crippen LogP contribution in [-0.4, -0.2) is 48.2 Å². The zero-order chi connectivity index (χ0) is 20.2. The Kier molecular flexibility index (Phi) is 8.94. The Hall–Kier alpha value is -2.93. The molecule has 2 aromatic rings. The molecule has 7 nitrogen and oxygen atoms in total. The average Bonchev–Trinajstić information content (AvgIpc) is 2.69. The number of benzene rings is 1. The summed E-state index contributed by atoms with van der Waals surface area (Å²) in [7, 11) is 0. The molecule has 0 aliphatic rings. The summed E-state index contributed by atoms with van der Waals surface area (Å²) in [5.74, 6) is 1.00. The molecule has 0 saturated heterocycles. The number of nitrogens with one attached hydrogen (secondary N) is 3. The third-order valence-corrected chi connectivity index (χ3v) is 4.11. The summed E-state index contributed by atoms with van der Waals surface area (Å²) in [4.78, 5) is 20.9. The van der Waals surface area contributed by atoms with E-state index in [1.165, 1.54) is 0 Å². The summed E-state index contributed by atoms with van der Waals surface area (Å²) in [6, 6.07) is 15.3. The number of carbonyl (C=O) groups is 1. The van der Waals surface area contributed by atoms with Crippen molar-refractivity contribution < 1.29 is 9.90 Å². The predicted octanol–water partition coefficient (Wildman–Crippen LogP) is 2.05. The van der Waals surface area contributed by atoms with Crippen LogP contribution in [0.1, 0.15) is 30.5 Å². The molecule has 0 spiro atoms. The molecule has 2 rings (SSSR count). The van der Waals surface area contributed by atoms with Gasteiger partial charge in [0.15, 0.2) is 5.96 Å². The highest BCUT2D eigenvalue weighted by atomic mass is 16.3. The Morgan fingerprint density at radius 3 is 2.61 bits per heavy atom. The van der Waals surface area contributed by atoms with E-state index in [4.69, 9.17) is 0 Å². The van der Waals surface area contributed by atoms with Gasteiger partial charge in [0.25, 0.3) is 0 Å². The number of pyridine rings is 1. The number of carbonyl (C=O) groups excluding carboxylic acids is 1. The molecule has 0 fully saturated rings. The molecule has 1 aromatic carbocycles. The van der Waals surface area contributed by atoms with Crippen molar-refractivity contribution in [3.63, 3.8) is 0 Å². The minimum Gasteiger partial charge on any atom is -0.396 e. The third-order valence-electron chi connectivity index (χ3n) is 4.11. The van der Waals surface area contributed by atoms with Crippen molar-refractivity contribution in [2.75, 3.05) is 31.6 Å². The first-order chi connectivity index (χ1) is 13.6. The molecule has 1 heterocycles. The van der Waals surface area contributed by atoms with E-state index >= 15 is 0 Å². The van der Waals surface area contributed by atoms with Crippen molar-refractivity contribution in [1.29, 1.82) is 0 Å². The maximum atomic E-state index is 12.1. The van der Waals surface area contributed by atoms with Crippen LogP contribution in [0.5, 0.6) is 0 Å². The highest BCUT2D eigenvalue weighted by Gasteiger charge is 2.10. The number of amides is 1. The van der Waals surface area contributed by atoms with Gasteiger partial charge in [-0.15, -0.1) is 0 Å². The van der Waals surface area contributed by atoms with Gasteiger partial charge in [0, 0.05) is 31.1 Å². The average molecular weight is 383 g/mol. The number of rotatable bonds is 9. The Balaban J connectivity index is 1.84. The van der Waals surface area contributed by atoms with Crippen LogP contribution in [0.3, 0.4) is 0 Å². The Morgan fingerprint density at radius 2 is 1.93 bits per heavy atom. The Labute approximate surface area is 166 Å². The number of aliphatic hydroxyl groups is 1. The highest BCUT2D eigenvalue weighted by molar-refractivity contribution is 5.90. The number of hydrogen-bond donors (Lipinski definition) is 4. The molecule has 4 N–H and O–H groups in total. The fourth-order valence-corrected chi connectivity index (χ4v) is 2.65. The topological polar surface area (TPSA) is 98.6 Å². The molecule has 150 valence electrons. The molecule has 1 atom stereocenters. The largest absolute Gasteiger partial charge is 0.396 e. The SMILES string of the molecule is CCNC(=NCC(CO)c1ccccc1)NCCC(=O)Nc1cccc(C)n1. The first-order valence-electron chi connectivity index (χ1n) is 9.54. The summed E-state index contributed by atoms with van der Waals surface area (Å²) in [6.07, 6.45) is 0.294. The van der Waals surface area contributed by atoms with Gasteiger partial charge in [0.1, 0.15) is 5.82 Å². The molecule has 0 aliphatic heterocycles. The van der Waals surface area contributed by atoms with Crippen LogP contribution in [0.4, 0.5) is 5.82 Å². The molecule has 7 heteroatoms. The monoisotopic (exact) mass is 383 g/mol. The lowest BCUT2D eigenvalue weighted by atomic mass is 10.0. The molecular formula is C21H29N5O2. The van der Waals surface area contributed by atoms with Gasteiger partial charge >= 0.3 is 0 Å². The molecule has 28 heavy (non-hydrogen) atoms. The summed E-state index contributed by atoms with van der Waals surface area (Å²) < 4.78 is 0. The van der Waals surface area contributed by atoms with E-state index in [0.717, 1.165) is 11.3 Å². The molecule has 0 bridgehead atoms. The van der Waals surface area contributed by atoms with Crippen LogP contribution in [0.25, 0.3) is 0 Å². The van der Waals surface area contributed by atoms with E-state index < -0.39 is 0 Å². The van der Waals surface area contributed by atoms with Crippen molar-refractivity contribution in [1.82, 2.24) is 15.6 Å². The van der Waals surface area contributed by atoms with Gasteiger partial charge in [-0.1, -0.05) is 36.4 Å². The fourth-order valence-electron chi connectivity index (χ4n) is 2.65. The summed E-state index contributed by atoms with van der Waals surface area (Å²) in [5, 5.41) is 18.8. The van der Waals surface area contributed by atoms with Gasteiger partial charge in [-0.3, -0.25) is 9.79 Å². The van der Waals surface area contributed by atoms with E-state index in [9.17, 15) is 9.90 Å². The standard InChI is InChI=1S/C21H29N5O2/c1-3-22-21(24-14-18(15-27)17-9-5-4-6-10-17)23-13-12-20(28)26-19-11-7-8-16(2)25-19/h4-11,18,27H,3,12-15H2,1-2H3,(H2,22,23,24)(H,25,26,28). The number of aliphatic hydroxyl groups excluding tert-OH is 1. The first kappa shape index (κ1) is 21.4. The van der Waals surface area contributed by atoms with Crippen molar-refractivity contribution in [2.24, 2.45) is 4.99 Å². The molecule has 0 aliphatic carbocycles. The summed E-state index contributed by atoms with van der Waals surface area (Å²) >= 11 is 0. The maximum absolute atomic E-state index is 12.1. The van der Waals surface area contributed by atoms with Crippen molar-refractivity contribution in [3.05, 3.63) is 59.8 Å². The zero-order valence-electron chi connectivity index (χ0n) is 16.5. The van der Waals surface area contributed by atoms with Crippen molar-refractivity contribution in [3.8, 4) is 0 Å². The molecule has 0 saturated carbocycles. The summed E-state index contributed by atoms with van der Waals surface area (Å²) in [6.45, 7) is 5.49. The normalized spacial score (nSPS) is 12.3. The third kappa shape index (κ3) is 7.36. The lowest BCUT2D eigenvalue weighted by molar-refractivity contribution is -0.116. The number of guanidine groups is 1. The zero-order valence-corrected chi connectivity index (χ0v) is 16.5. The van der Waals surface area contributed by atoms with Crippen LogP contribution in [0.15, 0.2) is 53.5 Å². The molecule has 1 aromatic heterocycles. The van der Waals surface area contributed by atoms with Crippen LogP contribution in [-0.2, 0) is 4.79 Å². The maximum Gasteiger partial charge on any atom is 0.227 e. The molecular weight excluding hydrogens is 354 g/mol. The van der Waals surface area contributed by atoms with E-state index in [-0.39, 0.29) is 18.4 Å². The van der Waals surface area contributed by atoms with Crippen molar-refractivity contribution >= 4 is 17.7 Å². The minimum absolute atomic E-state index is 0.0266. The van der Waals surface area contributed by atoms with Gasteiger partial charge in [-0.05, 0) is 31.5 Å². The second kappa shape index (κ2) is 11.7.